The number of hydrogen-bond donors (Lipinski definition) is 1. The summed E-state index contributed by atoms with van der Waals surface area (Å²) in [6.07, 6.45) is 0. The average molecular weight is 156 g/mol. The maximum absolute atomic E-state index is 8.63. The number of rotatable bonds is 3. The normalized spacial score (nSPS) is 14.1. The van der Waals surface area contributed by atoms with E-state index >= 15 is 0 Å². The molecule has 0 aromatic carbocycles. The van der Waals surface area contributed by atoms with E-state index in [1.807, 2.05) is 20.8 Å². The lowest BCUT2D eigenvalue weighted by molar-refractivity contribution is 0.171. The highest BCUT2D eigenvalue weighted by Gasteiger charge is 2.15. The monoisotopic (exact) mass is 156 g/mol. The minimum absolute atomic E-state index is 0.0288. The lowest BCUT2D eigenvalue weighted by Crippen LogP contribution is -2.44. The van der Waals surface area contributed by atoms with E-state index in [-0.39, 0.29) is 11.6 Å². The third-order valence-corrected chi connectivity index (χ3v) is 1.10. The van der Waals surface area contributed by atoms with E-state index in [0.29, 0.717) is 6.61 Å². The molecule has 0 aromatic heterocycles. The molecule has 3 nitrogen and oxygen atoms in total. The second-order valence-electron chi connectivity index (χ2n) is 3.53. The third kappa shape index (κ3) is 5.84. The van der Waals surface area contributed by atoms with E-state index in [1.54, 1.807) is 7.11 Å². The fraction of sp³-hybridized carbons (Fsp3) is 0.875. The summed E-state index contributed by atoms with van der Waals surface area (Å²) in [5.41, 5.74) is -0.0288. The van der Waals surface area contributed by atoms with Gasteiger partial charge in [0.05, 0.1) is 12.7 Å². The zero-order valence-corrected chi connectivity index (χ0v) is 7.64. The molecule has 1 atom stereocenters. The molecule has 1 unspecified atom stereocenters. The van der Waals surface area contributed by atoms with Gasteiger partial charge in [0.1, 0.15) is 6.04 Å². The molecule has 0 saturated carbocycles. The highest BCUT2D eigenvalue weighted by Crippen LogP contribution is 2.00. The van der Waals surface area contributed by atoms with E-state index in [4.69, 9.17) is 10.00 Å². The minimum Gasteiger partial charge on any atom is -0.382 e. The minimum atomic E-state index is -0.208. The standard InChI is InChI=1S/C8H16N2O/c1-8(2,3)10-7(5-9)6-11-4/h7,10H,6H2,1-4H3. The maximum atomic E-state index is 8.63. The van der Waals surface area contributed by atoms with Crippen molar-refractivity contribution in [2.45, 2.75) is 32.4 Å². The van der Waals surface area contributed by atoms with Crippen molar-refractivity contribution >= 4 is 0 Å². The van der Waals surface area contributed by atoms with Gasteiger partial charge in [-0.25, -0.2) is 0 Å². The molecular weight excluding hydrogens is 140 g/mol. The van der Waals surface area contributed by atoms with Crippen molar-refractivity contribution in [2.75, 3.05) is 13.7 Å². The molecule has 0 heterocycles. The molecule has 64 valence electrons. The lowest BCUT2D eigenvalue weighted by Gasteiger charge is -2.23. The van der Waals surface area contributed by atoms with Crippen LogP contribution in [-0.4, -0.2) is 25.3 Å². The molecule has 11 heavy (non-hydrogen) atoms. The Hall–Kier alpha value is -0.590. The predicted molar refractivity (Wildman–Crippen MR) is 44.2 cm³/mol. The van der Waals surface area contributed by atoms with E-state index in [1.165, 1.54) is 0 Å². The Balaban J connectivity index is 3.81. The summed E-state index contributed by atoms with van der Waals surface area (Å²) in [5, 5.41) is 11.7. The van der Waals surface area contributed by atoms with Gasteiger partial charge in [-0.2, -0.15) is 5.26 Å². The Morgan fingerprint density at radius 3 is 2.36 bits per heavy atom. The van der Waals surface area contributed by atoms with E-state index in [2.05, 4.69) is 11.4 Å². The highest BCUT2D eigenvalue weighted by atomic mass is 16.5. The van der Waals surface area contributed by atoms with Gasteiger partial charge in [0.25, 0.3) is 0 Å². The van der Waals surface area contributed by atoms with Gasteiger partial charge in [-0.1, -0.05) is 0 Å². The first-order valence-corrected chi connectivity index (χ1v) is 3.66. The van der Waals surface area contributed by atoms with Gasteiger partial charge in [0.2, 0.25) is 0 Å². The Labute approximate surface area is 68.3 Å². The molecule has 0 aliphatic rings. The lowest BCUT2D eigenvalue weighted by atomic mass is 10.1. The Kier molecular flexibility index (Phi) is 4.09. The molecule has 0 spiro atoms. The first kappa shape index (κ1) is 10.4. The van der Waals surface area contributed by atoms with Crippen molar-refractivity contribution in [3.63, 3.8) is 0 Å². The topological polar surface area (TPSA) is 45.0 Å². The molecule has 0 saturated heterocycles. The van der Waals surface area contributed by atoms with Crippen LogP contribution in [0.4, 0.5) is 0 Å². The maximum Gasteiger partial charge on any atom is 0.119 e. The van der Waals surface area contributed by atoms with Gasteiger partial charge >= 0.3 is 0 Å². The van der Waals surface area contributed by atoms with Gasteiger partial charge in [-0.3, -0.25) is 5.32 Å². The van der Waals surface area contributed by atoms with E-state index in [9.17, 15) is 0 Å². The molecule has 0 aliphatic heterocycles. The fourth-order valence-electron chi connectivity index (χ4n) is 0.801. The molecule has 1 N–H and O–H groups in total. The van der Waals surface area contributed by atoms with Crippen LogP contribution in [0.3, 0.4) is 0 Å². The zero-order valence-electron chi connectivity index (χ0n) is 7.64. The molecule has 0 rings (SSSR count). The van der Waals surface area contributed by atoms with Crippen molar-refractivity contribution in [1.82, 2.24) is 5.32 Å². The Morgan fingerprint density at radius 2 is 2.09 bits per heavy atom. The number of hydrogen-bond acceptors (Lipinski definition) is 3. The molecule has 3 heteroatoms. The van der Waals surface area contributed by atoms with E-state index in [0.717, 1.165) is 0 Å². The van der Waals surface area contributed by atoms with Crippen LogP contribution in [0.1, 0.15) is 20.8 Å². The van der Waals surface area contributed by atoms with Crippen molar-refractivity contribution in [3.05, 3.63) is 0 Å². The number of methoxy groups -OCH3 is 1. The number of nitriles is 1. The van der Waals surface area contributed by atoms with Crippen LogP contribution in [0.25, 0.3) is 0 Å². The molecule has 0 bridgehead atoms. The third-order valence-electron chi connectivity index (χ3n) is 1.10. The first-order valence-electron chi connectivity index (χ1n) is 3.66. The predicted octanol–water partition coefficient (Wildman–Crippen LogP) is 0.913. The highest BCUT2D eigenvalue weighted by molar-refractivity contribution is 4.93. The van der Waals surface area contributed by atoms with Crippen LogP contribution >= 0.6 is 0 Å². The van der Waals surface area contributed by atoms with Crippen molar-refractivity contribution < 1.29 is 4.74 Å². The van der Waals surface area contributed by atoms with Gasteiger partial charge in [-0.15, -0.1) is 0 Å². The molecular formula is C8H16N2O. The Morgan fingerprint density at radius 1 is 1.55 bits per heavy atom. The summed E-state index contributed by atoms with van der Waals surface area (Å²) < 4.78 is 4.86. The summed E-state index contributed by atoms with van der Waals surface area (Å²) in [7, 11) is 1.59. The van der Waals surface area contributed by atoms with Gasteiger partial charge in [0.15, 0.2) is 0 Å². The first-order chi connectivity index (χ1) is 4.99. The number of ether oxygens (including phenoxy) is 1. The van der Waals surface area contributed by atoms with Crippen LogP contribution in [0.2, 0.25) is 0 Å². The van der Waals surface area contributed by atoms with Gasteiger partial charge in [0, 0.05) is 12.6 Å². The van der Waals surface area contributed by atoms with Gasteiger partial charge < -0.3 is 4.74 Å². The van der Waals surface area contributed by atoms with Crippen molar-refractivity contribution in [1.29, 1.82) is 5.26 Å². The molecule has 0 fully saturated rings. The van der Waals surface area contributed by atoms with Crippen LogP contribution in [0.5, 0.6) is 0 Å². The number of nitrogens with zero attached hydrogens (tertiary/aromatic N) is 1. The quantitative estimate of drug-likeness (QED) is 0.660. The summed E-state index contributed by atoms with van der Waals surface area (Å²) in [6.45, 7) is 6.50. The summed E-state index contributed by atoms with van der Waals surface area (Å²) in [5.74, 6) is 0. The van der Waals surface area contributed by atoms with Crippen LogP contribution < -0.4 is 5.32 Å². The second-order valence-corrected chi connectivity index (χ2v) is 3.53. The van der Waals surface area contributed by atoms with Crippen LogP contribution in [0, 0.1) is 11.3 Å². The van der Waals surface area contributed by atoms with Crippen LogP contribution in [0.15, 0.2) is 0 Å². The summed E-state index contributed by atoms with van der Waals surface area (Å²) in [6, 6.07) is 1.92. The van der Waals surface area contributed by atoms with Crippen LogP contribution in [-0.2, 0) is 4.74 Å². The number of nitrogens with one attached hydrogen (secondary N) is 1. The van der Waals surface area contributed by atoms with Crippen molar-refractivity contribution in [2.24, 2.45) is 0 Å². The summed E-state index contributed by atoms with van der Waals surface area (Å²) >= 11 is 0. The molecule has 0 aromatic rings. The Bertz CT molecular complexity index is 143. The fourth-order valence-corrected chi connectivity index (χ4v) is 0.801. The SMILES string of the molecule is COCC(C#N)NC(C)(C)C. The van der Waals surface area contributed by atoms with E-state index < -0.39 is 0 Å². The zero-order chi connectivity index (χ0) is 8.91. The van der Waals surface area contributed by atoms with Gasteiger partial charge in [-0.05, 0) is 20.8 Å². The smallest absolute Gasteiger partial charge is 0.119 e. The summed E-state index contributed by atoms with van der Waals surface area (Å²) in [4.78, 5) is 0. The molecule has 0 radical (unpaired) electrons. The van der Waals surface area contributed by atoms with Crippen molar-refractivity contribution in [3.8, 4) is 6.07 Å². The largest absolute Gasteiger partial charge is 0.382 e. The second kappa shape index (κ2) is 4.32. The molecule has 0 amide bonds. The average Bonchev–Trinajstić information content (AvgIpc) is 1.84. The molecule has 0 aliphatic carbocycles.